The molecule has 10 nitrogen and oxygen atoms in total. The van der Waals surface area contributed by atoms with Crippen LogP contribution in [0, 0.1) is 17.5 Å². The van der Waals surface area contributed by atoms with Crippen molar-refractivity contribution in [3.63, 3.8) is 0 Å². The lowest BCUT2D eigenvalue weighted by molar-refractivity contribution is 0.0683. The van der Waals surface area contributed by atoms with Crippen molar-refractivity contribution in [3.05, 3.63) is 164 Å². The number of hydrogen-bond acceptors (Lipinski definition) is 6. The zero-order chi connectivity index (χ0) is 42.3. The number of anilines is 2. The molecule has 0 aliphatic heterocycles. The molecule has 4 N–H and O–H groups in total. The van der Waals surface area contributed by atoms with Crippen LogP contribution in [0.25, 0.3) is 22.3 Å². The summed E-state index contributed by atoms with van der Waals surface area (Å²) in [5.41, 5.74) is -0.0135. The van der Waals surface area contributed by atoms with Crippen molar-refractivity contribution in [1.82, 2.24) is 0 Å². The quantitative estimate of drug-likeness (QED) is 0.106. The minimum absolute atomic E-state index is 0.0462. The normalized spacial score (nSPS) is 10.5. The summed E-state index contributed by atoms with van der Waals surface area (Å²) in [6.45, 7) is 0. The van der Waals surface area contributed by atoms with Gasteiger partial charge in [-0.15, -0.1) is 0 Å². The zero-order valence-corrected chi connectivity index (χ0v) is 32.3. The number of ether oxygens (including phenoxy) is 2. The van der Waals surface area contributed by atoms with Crippen LogP contribution in [0.1, 0.15) is 41.4 Å². The molecule has 0 fully saturated rings. The summed E-state index contributed by atoms with van der Waals surface area (Å²) >= 11 is 18.2. The highest BCUT2D eigenvalue weighted by Crippen LogP contribution is 2.36. The number of carboxylic acids is 2. The Morgan fingerprint density at radius 3 is 1.22 bits per heavy atom. The average Bonchev–Trinajstić information content (AvgIpc) is 3.20. The number of rotatable bonds is 10. The molecule has 296 valence electrons. The van der Waals surface area contributed by atoms with Gasteiger partial charge in [0.1, 0.15) is 34.6 Å². The van der Waals surface area contributed by atoms with Gasteiger partial charge in [0, 0.05) is 0 Å². The first-order valence-electron chi connectivity index (χ1n) is 16.6. The lowest BCUT2D eigenvalue weighted by Gasteiger charge is -2.13. The Kier molecular flexibility index (Phi) is 13.7. The highest BCUT2D eigenvalue weighted by molar-refractivity contribution is 6.34. The van der Waals surface area contributed by atoms with Crippen LogP contribution in [-0.2, 0) is 0 Å². The second kappa shape index (κ2) is 18.6. The fraction of sp³-hybridized carbons (Fsp3) is 0.0476. The van der Waals surface area contributed by atoms with E-state index in [9.17, 15) is 37.5 Å². The van der Waals surface area contributed by atoms with Crippen LogP contribution in [0.15, 0.2) is 109 Å². The van der Waals surface area contributed by atoms with Crippen molar-refractivity contribution in [2.24, 2.45) is 0 Å². The van der Waals surface area contributed by atoms with Gasteiger partial charge in [-0.25, -0.2) is 22.8 Å². The Morgan fingerprint density at radius 1 is 0.483 bits per heavy atom. The number of carbonyl (C=O) groups excluding carboxylic acids is 2. The van der Waals surface area contributed by atoms with E-state index < -0.39 is 46.9 Å². The molecule has 2 amide bonds. The highest BCUT2D eigenvalue weighted by Gasteiger charge is 2.22. The second-order valence-electron chi connectivity index (χ2n) is 11.9. The zero-order valence-electron chi connectivity index (χ0n) is 30.0. The summed E-state index contributed by atoms with van der Waals surface area (Å²) in [6, 6.07) is 25.3. The molecule has 0 bridgehead atoms. The molecular weight excluding hydrogens is 824 g/mol. The fourth-order valence-electron chi connectivity index (χ4n) is 5.49. The van der Waals surface area contributed by atoms with Gasteiger partial charge in [0.15, 0.2) is 0 Å². The third-order valence-electron chi connectivity index (χ3n) is 8.33. The van der Waals surface area contributed by atoms with E-state index in [0.29, 0.717) is 38.2 Å². The van der Waals surface area contributed by atoms with Gasteiger partial charge in [-0.3, -0.25) is 9.59 Å². The summed E-state index contributed by atoms with van der Waals surface area (Å²) in [7, 11) is 2.88. The van der Waals surface area contributed by atoms with Crippen LogP contribution >= 0.6 is 34.8 Å². The van der Waals surface area contributed by atoms with Crippen molar-refractivity contribution >= 4 is 69.9 Å². The summed E-state index contributed by atoms with van der Waals surface area (Å²) < 4.78 is 54.1. The first kappa shape index (κ1) is 42.6. The van der Waals surface area contributed by atoms with Gasteiger partial charge < -0.3 is 30.3 Å². The summed E-state index contributed by atoms with van der Waals surface area (Å²) in [5.74, 6) is -6.38. The summed E-state index contributed by atoms with van der Waals surface area (Å²) in [4.78, 5) is 47.4. The van der Waals surface area contributed by atoms with Crippen molar-refractivity contribution < 1.29 is 52.0 Å². The SMILES string of the molecule is COc1cc(-c2cc(F)c(NC(=O)c3ccccc3C(=O)O)c(Cl)c2)ccc1Cl.COc1cc(-c2cc(F)c(NC(=O)c3ccccc3C(=O)O)c(F)c2)ccc1Cl. The van der Waals surface area contributed by atoms with Crippen molar-refractivity contribution in [1.29, 1.82) is 0 Å². The predicted molar refractivity (Wildman–Crippen MR) is 214 cm³/mol. The number of nitrogens with one attached hydrogen (secondary N) is 2. The van der Waals surface area contributed by atoms with Gasteiger partial charge in [0.05, 0.1) is 57.2 Å². The van der Waals surface area contributed by atoms with Crippen LogP contribution in [-0.4, -0.2) is 48.2 Å². The molecule has 6 aromatic rings. The Hall–Kier alpha value is -6.54. The van der Waals surface area contributed by atoms with E-state index >= 15 is 0 Å². The maximum absolute atomic E-state index is 14.7. The number of methoxy groups -OCH3 is 2. The largest absolute Gasteiger partial charge is 0.495 e. The molecular formula is C42H28Cl3F3N2O8. The molecule has 0 aliphatic rings. The van der Waals surface area contributed by atoms with E-state index in [2.05, 4.69) is 10.6 Å². The molecule has 0 unspecified atom stereocenters. The smallest absolute Gasteiger partial charge is 0.336 e. The average molecular weight is 852 g/mol. The van der Waals surface area contributed by atoms with Crippen LogP contribution in [0.5, 0.6) is 11.5 Å². The van der Waals surface area contributed by atoms with Gasteiger partial charge in [-0.1, -0.05) is 71.2 Å². The Balaban J connectivity index is 0.000000221. The number of aromatic carboxylic acids is 2. The highest BCUT2D eigenvalue weighted by atomic mass is 35.5. The maximum atomic E-state index is 14.7. The van der Waals surface area contributed by atoms with Crippen molar-refractivity contribution in [2.75, 3.05) is 24.9 Å². The topological polar surface area (TPSA) is 151 Å². The number of carbonyl (C=O) groups is 4. The second-order valence-corrected chi connectivity index (χ2v) is 13.2. The molecule has 0 saturated carbocycles. The molecule has 16 heteroatoms. The number of halogens is 6. The number of carboxylic acid groups (broad SMARTS) is 2. The molecule has 0 aromatic heterocycles. The Bertz CT molecular complexity index is 2370. The predicted octanol–water partition coefficient (Wildman–Crippen LogP) is 11.0. The van der Waals surface area contributed by atoms with Gasteiger partial charge >= 0.3 is 11.9 Å². The van der Waals surface area contributed by atoms with Crippen LogP contribution in [0.2, 0.25) is 15.1 Å². The van der Waals surface area contributed by atoms with E-state index in [-0.39, 0.29) is 38.5 Å². The number of amides is 2. The van der Waals surface area contributed by atoms with Crippen molar-refractivity contribution in [2.45, 2.75) is 0 Å². The molecule has 0 saturated heterocycles. The minimum Gasteiger partial charge on any atom is -0.495 e. The van der Waals surface area contributed by atoms with E-state index in [1.165, 1.54) is 87.0 Å². The first-order valence-corrected chi connectivity index (χ1v) is 17.7. The number of benzene rings is 6. The van der Waals surface area contributed by atoms with Crippen LogP contribution in [0.4, 0.5) is 24.5 Å². The van der Waals surface area contributed by atoms with Gasteiger partial charge in [0.2, 0.25) is 0 Å². The minimum atomic E-state index is -1.33. The molecule has 0 spiro atoms. The maximum Gasteiger partial charge on any atom is 0.336 e. The molecule has 0 aliphatic carbocycles. The third-order valence-corrected chi connectivity index (χ3v) is 9.26. The monoisotopic (exact) mass is 850 g/mol. The van der Waals surface area contributed by atoms with E-state index in [1.54, 1.807) is 24.3 Å². The van der Waals surface area contributed by atoms with Crippen molar-refractivity contribution in [3.8, 4) is 33.8 Å². The van der Waals surface area contributed by atoms with Gasteiger partial charge in [-0.05, 0) is 95.1 Å². The molecule has 6 rings (SSSR count). The Labute approximate surface area is 343 Å². The number of hydrogen-bond donors (Lipinski definition) is 4. The lowest BCUT2D eigenvalue weighted by Crippen LogP contribution is -2.18. The molecule has 0 atom stereocenters. The molecule has 0 heterocycles. The van der Waals surface area contributed by atoms with E-state index in [4.69, 9.17) is 49.4 Å². The van der Waals surface area contributed by atoms with E-state index in [1.807, 2.05) is 0 Å². The van der Waals surface area contributed by atoms with Crippen LogP contribution in [0.3, 0.4) is 0 Å². The molecule has 0 radical (unpaired) electrons. The third kappa shape index (κ3) is 9.69. The molecule has 6 aromatic carbocycles. The van der Waals surface area contributed by atoms with E-state index in [0.717, 1.165) is 12.1 Å². The summed E-state index contributed by atoms with van der Waals surface area (Å²) in [6.07, 6.45) is 0. The fourth-order valence-corrected chi connectivity index (χ4v) is 6.14. The Morgan fingerprint density at radius 2 is 0.845 bits per heavy atom. The first-order chi connectivity index (χ1) is 27.6. The van der Waals surface area contributed by atoms with Gasteiger partial charge in [0.25, 0.3) is 11.8 Å². The van der Waals surface area contributed by atoms with Gasteiger partial charge in [-0.2, -0.15) is 0 Å². The lowest BCUT2D eigenvalue weighted by atomic mass is 10.0. The molecule has 58 heavy (non-hydrogen) atoms. The van der Waals surface area contributed by atoms with Crippen LogP contribution < -0.4 is 20.1 Å². The standard InChI is InChI=1S/C21H14Cl2FNO4.C21H14ClF2NO4/c2*1-29-18-10-11(6-7-15(18)22)12-8-16(23)19(17(24)9-12)25-20(26)13-4-2-3-5-14(13)21(27)28/h2*2-10H,1H3,(H,25,26)(H,27,28). The summed E-state index contributed by atoms with van der Waals surface area (Å²) in [5, 5.41) is 23.5.